The van der Waals surface area contributed by atoms with Gasteiger partial charge in [-0.1, -0.05) is 13.8 Å². The van der Waals surface area contributed by atoms with Crippen LogP contribution < -0.4 is 5.32 Å². The van der Waals surface area contributed by atoms with Crippen molar-refractivity contribution in [3.63, 3.8) is 0 Å². The molecule has 0 spiro atoms. The number of benzene rings is 1. The van der Waals surface area contributed by atoms with E-state index in [1.807, 2.05) is 13.8 Å². The van der Waals surface area contributed by atoms with Crippen LogP contribution in [0.2, 0.25) is 0 Å². The van der Waals surface area contributed by atoms with E-state index in [-0.39, 0.29) is 72.8 Å². The number of aliphatic hydroxyl groups is 6. The zero-order valence-electron chi connectivity index (χ0n) is 39.1. The van der Waals surface area contributed by atoms with E-state index in [0.717, 1.165) is 44.1 Å². The molecule has 9 rings (SSSR count). The van der Waals surface area contributed by atoms with Crippen LogP contribution >= 0.6 is 0 Å². The molecule has 0 radical (unpaired) electrons. The summed E-state index contributed by atoms with van der Waals surface area (Å²) in [6.45, 7) is 11.3. The number of rotatable bonds is 8. The molecule has 21 atom stereocenters. The van der Waals surface area contributed by atoms with Gasteiger partial charge in [-0.3, -0.25) is 4.79 Å². The molecule has 1 amide bonds. The summed E-state index contributed by atoms with van der Waals surface area (Å²) in [5, 5.41) is 78.3. The van der Waals surface area contributed by atoms with Crippen molar-refractivity contribution >= 4 is 17.6 Å². The fourth-order valence-electron chi connectivity index (χ4n) is 13.5. The van der Waals surface area contributed by atoms with Crippen LogP contribution in [0.4, 0.5) is 5.69 Å². The van der Waals surface area contributed by atoms with E-state index in [1.54, 1.807) is 32.1 Å². The van der Waals surface area contributed by atoms with Gasteiger partial charge in [0.15, 0.2) is 18.9 Å². The number of cyclic esters (lactones) is 1. The number of esters is 1. The third-order valence-corrected chi connectivity index (χ3v) is 17.1. The van der Waals surface area contributed by atoms with Crippen LogP contribution in [0.15, 0.2) is 35.9 Å². The maximum Gasteiger partial charge on any atom is 0.331 e. The highest BCUT2D eigenvalue weighted by Crippen LogP contribution is 2.70. The third-order valence-electron chi connectivity index (χ3n) is 17.1. The normalized spacial score (nSPS) is 47.8. The number of nitrogens with one attached hydrogen (secondary N) is 1. The molecule has 4 saturated carbocycles. The van der Waals surface area contributed by atoms with Gasteiger partial charge in [-0.05, 0) is 131 Å². The highest BCUT2D eigenvalue weighted by Gasteiger charge is 2.71. The van der Waals surface area contributed by atoms with Crippen LogP contribution in [0, 0.1) is 34.5 Å². The number of fused-ring (bicyclic) bond motifs is 5. The Bertz CT molecular complexity index is 1870. The summed E-state index contributed by atoms with van der Waals surface area (Å²) in [5.74, 6) is 0.283. The zero-order valence-corrected chi connectivity index (χ0v) is 39.1. The Balaban J connectivity index is 0.000000473. The van der Waals surface area contributed by atoms with E-state index >= 15 is 0 Å². The summed E-state index contributed by atoms with van der Waals surface area (Å²) in [6.07, 6.45) is -1.51. The van der Waals surface area contributed by atoms with Gasteiger partial charge in [-0.2, -0.15) is 0 Å². The molecule has 1 aromatic rings. The molecule has 0 unspecified atom stereocenters. The maximum absolute atomic E-state index is 12.6. The maximum atomic E-state index is 12.6. The first-order valence-corrected chi connectivity index (χ1v) is 24.2. The van der Waals surface area contributed by atoms with Crippen LogP contribution in [-0.2, 0) is 42.7 Å². The molecule has 7 fully saturated rings. The summed E-state index contributed by atoms with van der Waals surface area (Å²) in [7, 11) is 0. The molecule has 4 aliphatic carbocycles. The predicted octanol–water partition coefficient (Wildman–Crippen LogP) is 3.57. The van der Waals surface area contributed by atoms with Gasteiger partial charge < -0.3 is 74.2 Å². The molecule has 1 aromatic carbocycles. The SMILES string of the molecule is CC(=O)Nc1ccc(O)cc1.C[C@H]1O[C@@H](O[C@H]2[C@@H](O)C[C@H](O[C@H]3[C@@H](O)C[C@H](O[C@H]4CC[C@@]5(C)[C@H](CC[C@@H]6[C@@H]5C[C@@H](O)[C@]5(C)[C@@H](C7=CC(=O)OC7)CC[C@]65O)C4)O[C@@H]3C)O[C@@H]2C)C[C@H](O)[C@@H]1O. The van der Waals surface area contributed by atoms with Gasteiger partial charge in [-0.25, -0.2) is 4.79 Å². The molecule has 66 heavy (non-hydrogen) atoms. The quantitative estimate of drug-likeness (QED) is 0.105. The first kappa shape index (κ1) is 49.6. The van der Waals surface area contributed by atoms with Gasteiger partial charge >= 0.3 is 5.97 Å². The topological polar surface area (TPSA) is 252 Å². The number of aromatic hydroxyl groups is 1. The van der Waals surface area contributed by atoms with Crippen molar-refractivity contribution in [2.75, 3.05) is 11.9 Å². The Morgan fingerprint density at radius 2 is 1.32 bits per heavy atom. The minimum atomic E-state index is -1.01. The molecular formula is C49H73NO16. The van der Waals surface area contributed by atoms with Crippen LogP contribution in [0.3, 0.4) is 0 Å². The standard InChI is InChI=1S/C41H64O14.C8H9NO2/c1-19-36(47)28(42)15-34(50-19)54-38-21(3)52-35(17-30(38)44)55-37-20(2)51-33(16-29(37)43)53-24-8-10-39(4)23(13-24)6-7-26-27(39)14-31(45)40(5)25(9-11-41(26,40)48)22-12-32(46)49-18-22;1-6(10)9-7-2-4-8(11)5-3-7/h12,19-21,23-31,33-38,42-45,47-48H,6-11,13-18H2,1-5H3;2-5,11H,1H3,(H,9,10)/t19-,20-,21-,23-,24+,25-,26-,27+,28+,29+,30+,31-,33+,34+,35+,36-,37-,38-,39+,40+,41+;/m1./s1. The van der Waals surface area contributed by atoms with E-state index in [9.17, 15) is 40.2 Å². The predicted molar refractivity (Wildman–Crippen MR) is 235 cm³/mol. The van der Waals surface area contributed by atoms with Crippen LogP contribution in [0.5, 0.6) is 5.75 Å². The smallest absolute Gasteiger partial charge is 0.331 e. The molecular weight excluding hydrogens is 859 g/mol. The number of hydrogen-bond acceptors (Lipinski definition) is 16. The molecule has 4 aliphatic heterocycles. The fraction of sp³-hybridized carbons (Fsp3) is 0.796. The lowest BCUT2D eigenvalue weighted by molar-refractivity contribution is -0.336. The fourth-order valence-corrected chi connectivity index (χ4v) is 13.5. The van der Waals surface area contributed by atoms with Gasteiger partial charge in [0.1, 0.15) is 30.7 Å². The zero-order chi connectivity index (χ0) is 47.5. The molecule has 8 N–H and O–H groups in total. The van der Waals surface area contributed by atoms with Crippen LogP contribution in [0.25, 0.3) is 0 Å². The number of ether oxygens (including phenoxy) is 7. The van der Waals surface area contributed by atoms with Crippen LogP contribution in [-0.4, -0.2) is 146 Å². The molecule has 0 aromatic heterocycles. The number of carbonyl (C=O) groups is 2. The molecule has 370 valence electrons. The molecule has 3 saturated heterocycles. The van der Waals surface area contributed by atoms with Gasteiger partial charge in [0.05, 0.1) is 54.4 Å². The van der Waals surface area contributed by atoms with Crippen molar-refractivity contribution < 1.29 is 78.5 Å². The number of aliphatic hydroxyl groups excluding tert-OH is 5. The number of amides is 1. The molecule has 4 heterocycles. The molecule has 17 nitrogen and oxygen atoms in total. The summed E-state index contributed by atoms with van der Waals surface area (Å²) < 4.78 is 42.1. The highest BCUT2D eigenvalue weighted by atomic mass is 16.7. The van der Waals surface area contributed by atoms with Gasteiger partial charge in [-0.15, -0.1) is 0 Å². The number of hydrogen-bond donors (Lipinski definition) is 8. The first-order valence-electron chi connectivity index (χ1n) is 24.2. The molecule has 8 aliphatic rings. The summed E-state index contributed by atoms with van der Waals surface area (Å²) >= 11 is 0. The highest BCUT2D eigenvalue weighted by molar-refractivity contribution is 5.88. The van der Waals surface area contributed by atoms with Crippen molar-refractivity contribution in [3.05, 3.63) is 35.9 Å². The second kappa shape index (κ2) is 19.5. The molecule has 0 bridgehead atoms. The number of carbonyl (C=O) groups excluding carboxylic acids is 2. The lowest BCUT2D eigenvalue weighted by Gasteiger charge is -2.65. The average Bonchev–Trinajstić information content (AvgIpc) is 3.81. The Morgan fingerprint density at radius 3 is 1.88 bits per heavy atom. The number of anilines is 1. The average molecular weight is 932 g/mol. The monoisotopic (exact) mass is 931 g/mol. The lowest BCUT2D eigenvalue weighted by Crippen LogP contribution is -2.67. The van der Waals surface area contributed by atoms with Gasteiger partial charge in [0.25, 0.3) is 0 Å². The van der Waals surface area contributed by atoms with Crippen LogP contribution in [0.1, 0.15) is 112 Å². The van der Waals surface area contributed by atoms with Gasteiger partial charge in [0.2, 0.25) is 5.91 Å². The van der Waals surface area contributed by atoms with Crippen molar-refractivity contribution in [3.8, 4) is 5.75 Å². The van der Waals surface area contributed by atoms with Crippen molar-refractivity contribution in [2.45, 2.75) is 204 Å². The van der Waals surface area contributed by atoms with E-state index in [2.05, 4.69) is 12.2 Å². The van der Waals surface area contributed by atoms with Crippen molar-refractivity contribution in [2.24, 2.45) is 34.5 Å². The third kappa shape index (κ3) is 9.58. The second-order valence-electron chi connectivity index (χ2n) is 21.0. The van der Waals surface area contributed by atoms with E-state index in [4.69, 9.17) is 38.3 Å². The van der Waals surface area contributed by atoms with Crippen molar-refractivity contribution in [1.29, 1.82) is 0 Å². The Morgan fingerprint density at radius 1 is 0.727 bits per heavy atom. The Hall–Kier alpha value is -2.78. The number of phenolic OH excluding ortho intramolecular Hbond substituents is 1. The number of phenols is 1. The molecule has 17 heteroatoms. The summed E-state index contributed by atoms with van der Waals surface area (Å²) in [5.41, 5.74) is -0.202. The summed E-state index contributed by atoms with van der Waals surface area (Å²) in [4.78, 5) is 22.5. The van der Waals surface area contributed by atoms with E-state index < -0.39 is 90.9 Å². The van der Waals surface area contributed by atoms with E-state index in [0.29, 0.717) is 24.4 Å². The largest absolute Gasteiger partial charge is 0.508 e. The summed E-state index contributed by atoms with van der Waals surface area (Å²) in [6, 6.07) is 6.31. The minimum Gasteiger partial charge on any atom is -0.508 e. The Kier molecular flexibility index (Phi) is 14.7. The second-order valence-corrected chi connectivity index (χ2v) is 21.0. The first-order chi connectivity index (χ1) is 31.2. The van der Waals surface area contributed by atoms with Gasteiger partial charge in [0, 0.05) is 43.4 Å². The van der Waals surface area contributed by atoms with E-state index in [1.165, 1.54) is 19.1 Å². The lowest BCUT2D eigenvalue weighted by atomic mass is 9.42. The van der Waals surface area contributed by atoms with Crippen molar-refractivity contribution in [1.82, 2.24) is 0 Å². The minimum absolute atomic E-state index is 0.0452. The Labute approximate surface area is 387 Å².